The van der Waals surface area contributed by atoms with Gasteiger partial charge >= 0.3 is 23.5 Å². The first-order valence-electron chi connectivity index (χ1n) is 4.58. The number of nitrogens with zero attached hydrogens (tertiary/aromatic N) is 10. The fourth-order valence-electron chi connectivity index (χ4n) is 1.38. The second-order valence-corrected chi connectivity index (χ2v) is 3.26. The molecule has 3 aromatic heterocycles. The molecular formula is C4N10O6-2. The molecule has 0 aliphatic carbocycles. The molecule has 0 aliphatic rings. The number of fused-ring (bicyclic) bond motifs is 2. The van der Waals surface area contributed by atoms with E-state index >= 15 is 0 Å². The fraction of sp³-hybridized carbons (Fsp3) is 0. The Balaban J connectivity index is 2.45. The molecule has 3 rings (SSSR count). The van der Waals surface area contributed by atoms with Crippen molar-refractivity contribution < 1.29 is 9.85 Å². The molecule has 0 radical (unpaired) electrons. The van der Waals surface area contributed by atoms with E-state index in [1.54, 1.807) is 0 Å². The summed E-state index contributed by atoms with van der Waals surface area (Å²) in [5, 5.41) is 50.8. The quantitative estimate of drug-likeness (QED) is 0.391. The molecule has 0 saturated carbocycles. The highest BCUT2D eigenvalue weighted by molar-refractivity contribution is 5.37. The van der Waals surface area contributed by atoms with Crippen LogP contribution in [0.1, 0.15) is 0 Å². The molecular weight excluding hydrogens is 284 g/mol. The van der Waals surface area contributed by atoms with Crippen molar-refractivity contribution in [2.24, 2.45) is 0 Å². The Hall–Kier alpha value is -3.72. The van der Waals surface area contributed by atoms with Gasteiger partial charge in [-0.25, -0.2) is 9.69 Å². The van der Waals surface area contributed by atoms with Crippen molar-refractivity contribution in [3.8, 4) is 0 Å². The monoisotopic (exact) mass is 284 g/mol. The maximum Gasteiger partial charge on any atom is 0.494 e. The summed E-state index contributed by atoms with van der Waals surface area (Å²) in [6.45, 7) is 0. The summed E-state index contributed by atoms with van der Waals surface area (Å²) in [6, 6.07) is 0. The smallest absolute Gasteiger partial charge is 0.494 e. The maximum atomic E-state index is 11.8. The lowest BCUT2D eigenvalue weighted by molar-refractivity contribution is -0.394. The summed E-state index contributed by atoms with van der Waals surface area (Å²) in [4.78, 5) is 24.9. The molecule has 3 heterocycles. The molecule has 16 nitrogen and oxygen atoms in total. The van der Waals surface area contributed by atoms with Gasteiger partial charge in [-0.1, -0.05) is 0 Å². The van der Waals surface area contributed by atoms with Crippen LogP contribution in [0.3, 0.4) is 0 Å². The first-order valence-corrected chi connectivity index (χ1v) is 4.58. The molecule has 0 amide bonds. The third kappa shape index (κ3) is 1.28. The maximum absolute atomic E-state index is 11.8. The molecule has 0 atom stereocenters. The predicted octanol–water partition coefficient (Wildman–Crippen LogP) is -1.55. The number of aromatic nitrogens is 8. The van der Waals surface area contributed by atoms with Crippen LogP contribution in [0, 0.1) is 30.6 Å². The highest BCUT2D eigenvalue weighted by Crippen LogP contribution is 2.11. The molecule has 0 bridgehead atoms. The molecule has 0 aliphatic heterocycles. The third-order valence-electron chi connectivity index (χ3n) is 2.14. The molecule has 0 spiro atoms. The summed E-state index contributed by atoms with van der Waals surface area (Å²) >= 11 is 0. The Labute approximate surface area is 104 Å². The van der Waals surface area contributed by atoms with Crippen molar-refractivity contribution in [3.63, 3.8) is 0 Å². The van der Waals surface area contributed by atoms with Crippen LogP contribution in [0.25, 0.3) is 11.6 Å². The average molecular weight is 284 g/mol. The van der Waals surface area contributed by atoms with E-state index in [1.165, 1.54) is 0 Å². The van der Waals surface area contributed by atoms with Gasteiger partial charge in [0.05, 0.1) is 10.2 Å². The minimum atomic E-state index is -1.02. The van der Waals surface area contributed by atoms with Gasteiger partial charge in [0, 0.05) is 0 Å². The zero-order valence-electron chi connectivity index (χ0n) is 8.92. The van der Waals surface area contributed by atoms with E-state index in [9.17, 15) is 30.6 Å². The summed E-state index contributed by atoms with van der Waals surface area (Å²) in [5.41, 5.74) is 0. The minimum absolute atomic E-state index is 0.191. The normalized spacial score (nSPS) is 11.2. The van der Waals surface area contributed by atoms with Gasteiger partial charge in [0.1, 0.15) is 0 Å². The zero-order valence-corrected chi connectivity index (χ0v) is 8.92. The standard InChI is InChI=1S/C4N10O6/c15-11-3-5-1(13(17)18)7-9(3)12(16)4-6-2(14(19)20)8-10(4)11/q-2. The Bertz CT molecular complexity index is 766. The van der Waals surface area contributed by atoms with E-state index in [2.05, 4.69) is 20.2 Å². The van der Waals surface area contributed by atoms with Crippen molar-refractivity contribution >= 4 is 23.5 Å². The second kappa shape index (κ2) is 3.40. The van der Waals surface area contributed by atoms with Gasteiger partial charge in [-0.2, -0.15) is 0 Å². The lowest BCUT2D eigenvalue weighted by Crippen LogP contribution is -2.18. The molecule has 0 aromatic carbocycles. The van der Waals surface area contributed by atoms with E-state index in [0.717, 1.165) is 0 Å². The minimum Gasteiger partial charge on any atom is -0.786 e. The van der Waals surface area contributed by atoms with Gasteiger partial charge in [0.15, 0.2) is 0 Å². The van der Waals surface area contributed by atoms with Gasteiger partial charge in [-0.3, -0.25) is 0 Å². The number of nitro groups is 2. The van der Waals surface area contributed by atoms with Crippen LogP contribution >= 0.6 is 0 Å². The molecule has 20 heavy (non-hydrogen) atoms. The number of rotatable bonds is 2. The summed E-state index contributed by atoms with van der Waals surface area (Å²) in [6.07, 6.45) is 0. The van der Waals surface area contributed by atoms with E-state index in [1.807, 2.05) is 0 Å². The Morgan fingerprint density at radius 2 is 1.15 bits per heavy atom. The average Bonchev–Trinajstić information content (AvgIpc) is 3.00. The summed E-state index contributed by atoms with van der Waals surface area (Å²) in [7, 11) is 0. The number of hydrogen-bond acceptors (Lipinski definition) is 10. The van der Waals surface area contributed by atoms with Crippen molar-refractivity contribution in [1.29, 1.82) is 0 Å². The molecule has 16 heteroatoms. The number of hydrogen-bond donors (Lipinski definition) is 0. The Morgan fingerprint density at radius 3 is 1.45 bits per heavy atom. The Kier molecular flexibility index (Phi) is 1.93. The van der Waals surface area contributed by atoms with Crippen LogP contribution in [-0.2, 0) is 0 Å². The SMILES string of the molecule is O=[N+]([O-])c1nc2n([O-])n3nc([N+](=O)[O-])nc3n([O-])n2n1. The molecule has 0 saturated heterocycles. The van der Waals surface area contributed by atoms with Gasteiger partial charge in [0.25, 0.3) is 0 Å². The van der Waals surface area contributed by atoms with Crippen LogP contribution < -0.4 is 0 Å². The second-order valence-electron chi connectivity index (χ2n) is 3.26. The highest BCUT2D eigenvalue weighted by atomic mass is 16.6. The van der Waals surface area contributed by atoms with Crippen LogP contribution in [0.5, 0.6) is 0 Å². The largest absolute Gasteiger partial charge is 0.786 e. The highest BCUT2D eigenvalue weighted by Gasteiger charge is 2.25. The van der Waals surface area contributed by atoms with Crippen LogP contribution in [-0.4, -0.2) is 49.0 Å². The van der Waals surface area contributed by atoms with E-state index < -0.39 is 33.3 Å². The lowest BCUT2D eigenvalue weighted by atomic mass is 11.0. The topological polar surface area (TPSA) is 203 Å². The van der Waals surface area contributed by atoms with Crippen LogP contribution in [0.15, 0.2) is 0 Å². The molecule has 0 N–H and O–H groups in total. The van der Waals surface area contributed by atoms with E-state index in [0.29, 0.717) is 0 Å². The van der Waals surface area contributed by atoms with Crippen LogP contribution in [0.2, 0.25) is 0 Å². The Morgan fingerprint density at radius 1 is 0.800 bits per heavy atom. The molecule has 3 aromatic rings. The van der Waals surface area contributed by atoms with Gasteiger partial charge in [-0.15, -0.1) is 0 Å². The first kappa shape index (κ1) is 11.4. The first-order chi connectivity index (χ1) is 9.40. The summed E-state index contributed by atoms with van der Waals surface area (Å²) < 4.78 is 0.470. The van der Waals surface area contributed by atoms with Gasteiger partial charge in [-0.05, 0) is 29.1 Å². The lowest BCUT2D eigenvalue weighted by Gasteiger charge is -2.13. The summed E-state index contributed by atoms with van der Waals surface area (Å²) in [5.74, 6) is -3.58. The van der Waals surface area contributed by atoms with E-state index in [-0.39, 0.29) is 19.0 Å². The van der Waals surface area contributed by atoms with Crippen LogP contribution in [0.4, 0.5) is 11.9 Å². The van der Waals surface area contributed by atoms with Crippen molar-refractivity contribution in [2.45, 2.75) is 0 Å². The van der Waals surface area contributed by atoms with Crippen molar-refractivity contribution in [2.75, 3.05) is 0 Å². The van der Waals surface area contributed by atoms with Crippen molar-refractivity contribution in [3.05, 3.63) is 30.6 Å². The predicted molar refractivity (Wildman–Crippen MR) is 55.2 cm³/mol. The van der Waals surface area contributed by atoms with Gasteiger partial charge < -0.3 is 30.6 Å². The molecule has 0 unspecified atom stereocenters. The third-order valence-corrected chi connectivity index (χ3v) is 2.14. The van der Waals surface area contributed by atoms with E-state index in [4.69, 9.17) is 0 Å². The van der Waals surface area contributed by atoms with Crippen molar-refractivity contribution in [1.82, 2.24) is 39.1 Å². The fourth-order valence-corrected chi connectivity index (χ4v) is 1.38. The molecule has 0 fully saturated rings. The zero-order chi connectivity index (χ0) is 14.6. The van der Waals surface area contributed by atoms with Gasteiger partial charge in [0.2, 0.25) is 0 Å². The molecule has 104 valence electrons.